The molecule has 1 saturated heterocycles. The molecule has 1 atom stereocenters. The second kappa shape index (κ2) is 13.1. The maximum atomic E-state index is 13.4. The number of alkyl halides is 3. The van der Waals surface area contributed by atoms with E-state index in [9.17, 15) is 22.8 Å². The van der Waals surface area contributed by atoms with Gasteiger partial charge in [0.1, 0.15) is 16.8 Å². The molecule has 1 aliphatic rings. The van der Waals surface area contributed by atoms with Crippen molar-refractivity contribution in [2.24, 2.45) is 10.2 Å². The van der Waals surface area contributed by atoms with E-state index in [0.29, 0.717) is 23.8 Å². The number of hydrogen-bond acceptors (Lipinski definition) is 6. The van der Waals surface area contributed by atoms with E-state index in [-0.39, 0.29) is 35.3 Å². The monoisotopic (exact) mass is 604 g/mol. The molecule has 0 radical (unpaired) electrons. The summed E-state index contributed by atoms with van der Waals surface area (Å²) in [6.45, 7) is 2.30. The Kier molecular flexibility index (Phi) is 9.10. The Hall–Kier alpha value is -4.64. The van der Waals surface area contributed by atoms with E-state index in [0.717, 1.165) is 35.0 Å². The molecule has 1 aromatic heterocycles. The maximum absolute atomic E-state index is 13.4. The van der Waals surface area contributed by atoms with E-state index in [1.54, 1.807) is 24.3 Å². The lowest BCUT2D eigenvalue weighted by Crippen LogP contribution is -2.35. The van der Waals surface area contributed by atoms with Crippen LogP contribution in [0.4, 0.5) is 18.9 Å². The van der Waals surface area contributed by atoms with Crippen LogP contribution in [0.3, 0.4) is 0 Å². The number of nitrogens with zero attached hydrogens (tertiary/aromatic N) is 3. The highest BCUT2D eigenvalue weighted by atomic mass is 32.2. The number of furan rings is 1. The fourth-order valence-electron chi connectivity index (χ4n) is 4.39. The molecule has 2 heterocycles. The highest BCUT2D eigenvalue weighted by Gasteiger charge is 2.39. The van der Waals surface area contributed by atoms with Crippen molar-refractivity contribution >= 4 is 40.6 Å². The van der Waals surface area contributed by atoms with E-state index in [2.05, 4.69) is 15.5 Å². The SMILES string of the molecule is Cc1ccc(NC(=O)CC2S/C(=N\N=C\c3ccc(-c4cccc(C(F)(F)F)c4)o3)N(CCc3ccccc3)C2=O)cc1. The Balaban J connectivity index is 1.30. The first-order chi connectivity index (χ1) is 20.7. The standard InChI is InChI=1S/C32H27F3N4O3S/c1-21-10-12-25(13-11-21)37-29(40)19-28-30(41)39(17-16-22-6-3-2-4-7-22)31(43-28)38-36-20-26-14-15-27(42-26)23-8-5-9-24(18-23)32(33,34)35/h2-15,18,20,28H,16-17,19H2,1H3,(H,37,40)/b36-20+,38-31-. The number of hydrogen-bond donors (Lipinski definition) is 1. The molecular weight excluding hydrogens is 577 g/mol. The van der Waals surface area contributed by atoms with Gasteiger partial charge in [0.05, 0.1) is 11.8 Å². The number of carbonyl (C=O) groups is 2. The van der Waals surface area contributed by atoms with Gasteiger partial charge < -0.3 is 9.73 Å². The van der Waals surface area contributed by atoms with Crippen molar-refractivity contribution in [3.63, 3.8) is 0 Å². The Morgan fingerprint density at radius 3 is 2.53 bits per heavy atom. The van der Waals surface area contributed by atoms with E-state index in [4.69, 9.17) is 4.42 Å². The minimum atomic E-state index is -4.47. The molecule has 2 amide bonds. The molecule has 3 aromatic carbocycles. The molecule has 0 saturated carbocycles. The summed E-state index contributed by atoms with van der Waals surface area (Å²) < 4.78 is 45.0. The Morgan fingerprint density at radius 1 is 1.02 bits per heavy atom. The lowest BCUT2D eigenvalue weighted by Gasteiger charge is -2.15. The third-order valence-electron chi connectivity index (χ3n) is 6.62. The Bertz CT molecular complexity index is 1650. The van der Waals surface area contributed by atoms with Gasteiger partial charge in [-0.15, -0.1) is 5.10 Å². The Morgan fingerprint density at radius 2 is 1.79 bits per heavy atom. The van der Waals surface area contributed by atoms with Gasteiger partial charge in [0.2, 0.25) is 11.8 Å². The van der Waals surface area contributed by atoms with Crippen molar-refractivity contribution in [2.75, 3.05) is 11.9 Å². The summed E-state index contributed by atoms with van der Waals surface area (Å²) in [5, 5.41) is 10.8. The van der Waals surface area contributed by atoms with E-state index in [1.807, 2.05) is 49.4 Å². The first-order valence-corrected chi connectivity index (χ1v) is 14.3. The summed E-state index contributed by atoms with van der Waals surface area (Å²) in [5.41, 5.74) is 2.26. The van der Waals surface area contributed by atoms with Crippen molar-refractivity contribution in [2.45, 2.75) is 31.2 Å². The number of carbonyl (C=O) groups excluding carboxylic acids is 2. The van der Waals surface area contributed by atoms with Gasteiger partial charge in [-0.2, -0.15) is 18.3 Å². The van der Waals surface area contributed by atoms with Crippen LogP contribution in [0, 0.1) is 6.92 Å². The largest absolute Gasteiger partial charge is 0.455 e. The second-order valence-electron chi connectivity index (χ2n) is 9.86. The molecule has 43 heavy (non-hydrogen) atoms. The third-order valence-corrected chi connectivity index (χ3v) is 7.79. The third kappa shape index (κ3) is 7.81. The lowest BCUT2D eigenvalue weighted by molar-refractivity contribution is -0.137. The number of anilines is 1. The summed E-state index contributed by atoms with van der Waals surface area (Å²) in [7, 11) is 0. The topological polar surface area (TPSA) is 87.3 Å². The minimum absolute atomic E-state index is 0.0412. The highest BCUT2D eigenvalue weighted by Crippen LogP contribution is 2.33. The molecule has 1 N–H and O–H groups in total. The van der Waals surface area contributed by atoms with Crippen LogP contribution < -0.4 is 5.32 Å². The average Bonchev–Trinajstić information content (AvgIpc) is 3.58. The zero-order valence-electron chi connectivity index (χ0n) is 23.0. The fourth-order valence-corrected chi connectivity index (χ4v) is 5.51. The maximum Gasteiger partial charge on any atom is 0.416 e. The molecule has 5 rings (SSSR count). The normalized spacial score (nSPS) is 16.4. The van der Waals surface area contributed by atoms with Crippen LogP contribution in [0.5, 0.6) is 0 Å². The number of halogens is 3. The number of thioether (sulfide) groups is 1. The van der Waals surface area contributed by atoms with Crippen LogP contribution >= 0.6 is 11.8 Å². The van der Waals surface area contributed by atoms with Crippen molar-refractivity contribution in [1.82, 2.24) is 4.90 Å². The number of benzene rings is 3. The number of rotatable bonds is 9. The molecule has 0 spiro atoms. The Labute approximate surface area is 250 Å². The van der Waals surface area contributed by atoms with Gasteiger partial charge in [0, 0.05) is 24.2 Å². The molecular formula is C32H27F3N4O3S. The quantitative estimate of drug-likeness (QED) is 0.162. The summed E-state index contributed by atoms with van der Waals surface area (Å²) in [6.07, 6.45) is -2.61. The van der Waals surface area contributed by atoms with Crippen LogP contribution in [-0.2, 0) is 22.2 Å². The van der Waals surface area contributed by atoms with Gasteiger partial charge in [0.25, 0.3) is 0 Å². The number of amidine groups is 1. The van der Waals surface area contributed by atoms with Gasteiger partial charge in [0.15, 0.2) is 5.17 Å². The molecule has 7 nitrogen and oxygen atoms in total. The summed E-state index contributed by atoms with van der Waals surface area (Å²) in [5.74, 6) is -0.00958. The summed E-state index contributed by atoms with van der Waals surface area (Å²) in [6, 6.07) is 25.0. The summed E-state index contributed by atoms with van der Waals surface area (Å²) >= 11 is 1.16. The lowest BCUT2D eigenvalue weighted by atomic mass is 10.1. The molecule has 1 fully saturated rings. The predicted molar refractivity (Wildman–Crippen MR) is 162 cm³/mol. The second-order valence-corrected chi connectivity index (χ2v) is 11.0. The number of amides is 2. The van der Waals surface area contributed by atoms with Crippen LogP contribution in [0.25, 0.3) is 11.3 Å². The molecule has 4 aromatic rings. The van der Waals surface area contributed by atoms with Gasteiger partial charge >= 0.3 is 6.18 Å². The minimum Gasteiger partial charge on any atom is -0.455 e. The van der Waals surface area contributed by atoms with Crippen molar-refractivity contribution in [3.8, 4) is 11.3 Å². The van der Waals surface area contributed by atoms with Crippen LogP contribution in [-0.4, -0.2) is 39.9 Å². The number of aryl methyl sites for hydroxylation is 1. The molecule has 220 valence electrons. The molecule has 1 unspecified atom stereocenters. The van der Waals surface area contributed by atoms with Gasteiger partial charge in [-0.05, 0) is 55.3 Å². The van der Waals surface area contributed by atoms with Crippen LogP contribution in [0.2, 0.25) is 0 Å². The van der Waals surface area contributed by atoms with Crippen molar-refractivity contribution in [3.05, 3.63) is 113 Å². The van der Waals surface area contributed by atoms with Crippen molar-refractivity contribution < 1.29 is 27.2 Å². The van der Waals surface area contributed by atoms with Crippen LogP contribution in [0.15, 0.2) is 106 Å². The zero-order valence-corrected chi connectivity index (χ0v) is 23.9. The van der Waals surface area contributed by atoms with Gasteiger partial charge in [-0.25, -0.2) is 0 Å². The average molecular weight is 605 g/mol. The zero-order chi connectivity index (χ0) is 30.4. The predicted octanol–water partition coefficient (Wildman–Crippen LogP) is 7.18. The summed E-state index contributed by atoms with van der Waals surface area (Å²) in [4.78, 5) is 27.6. The van der Waals surface area contributed by atoms with Gasteiger partial charge in [-0.3, -0.25) is 14.5 Å². The molecule has 0 bridgehead atoms. The van der Waals surface area contributed by atoms with E-state index in [1.165, 1.54) is 23.2 Å². The van der Waals surface area contributed by atoms with Crippen LogP contribution in [0.1, 0.15) is 28.9 Å². The smallest absolute Gasteiger partial charge is 0.416 e. The first kappa shape index (κ1) is 29.8. The van der Waals surface area contributed by atoms with Gasteiger partial charge in [-0.1, -0.05) is 71.9 Å². The van der Waals surface area contributed by atoms with E-state index >= 15 is 0 Å². The highest BCUT2D eigenvalue weighted by molar-refractivity contribution is 8.15. The molecule has 11 heteroatoms. The first-order valence-electron chi connectivity index (χ1n) is 13.4. The molecule has 1 aliphatic heterocycles. The van der Waals surface area contributed by atoms with E-state index < -0.39 is 17.0 Å². The molecule has 0 aliphatic carbocycles. The fraction of sp³-hybridized carbons (Fsp3) is 0.188. The van der Waals surface area contributed by atoms with Crippen molar-refractivity contribution in [1.29, 1.82) is 0 Å². The number of nitrogens with one attached hydrogen (secondary N) is 1.